The van der Waals surface area contributed by atoms with Crippen LogP contribution in [0.15, 0.2) is 63.9 Å². The molecule has 8 nitrogen and oxygen atoms in total. The van der Waals surface area contributed by atoms with E-state index in [0.29, 0.717) is 43.3 Å². The van der Waals surface area contributed by atoms with E-state index in [2.05, 4.69) is 15.1 Å². The maximum absolute atomic E-state index is 12.7. The Kier molecular flexibility index (Phi) is 4.44. The van der Waals surface area contributed by atoms with E-state index in [0.717, 1.165) is 11.0 Å². The molecule has 0 atom stereocenters. The first-order valence-electron chi connectivity index (χ1n) is 9.44. The predicted octanol–water partition coefficient (Wildman–Crippen LogP) is 3.56. The molecule has 0 bridgehead atoms. The average molecular weight is 390 g/mol. The summed E-state index contributed by atoms with van der Waals surface area (Å²) in [5, 5.41) is 3.89. The lowest BCUT2D eigenvalue weighted by Crippen LogP contribution is -2.42. The van der Waals surface area contributed by atoms with Crippen LogP contribution >= 0.6 is 0 Å². The second-order valence-corrected chi connectivity index (χ2v) is 6.86. The highest BCUT2D eigenvalue weighted by atomic mass is 16.5. The highest BCUT2D eigenvalue weighted by Gasteiger charge is 2.27. The lowest BCUT2D eigenvalue weighted by molar-refractivity contribution is 0.0578. The van der Waals surface area contributed by atoms with Gasteiger partial charge in [-0.1, -0.05) is 17.3 Å². The first-order chi connectivity index (χ1) is 14.3. The summed E-state index contributed by atoms with van der Waals surface area (Å²) >= 11 is 0. The van der Waals surface area contributed by atoms with Gasteiger partial charge in [0.1, 0.15) is 6.10 Å². The number of piperidine rings is 1. The van der Waals surface area contributed by atoms with Crippen LogP contribution in [0.2, 0.25) is 0 Å². The van der Waals surface area contributed by atoms with Gasteiger partial charge in [-0.05, 0) is 24.3 Å². The molecular weight excluding hydrogens is 372 g/mol. The van der Waals surface area contributed by atoms with E-state index in [1.807, 2.05) is 24.3 Å². The molecule has 0 unspecified atom stereocenters. The van der Waals surface area contributed by atoms with E-state index in [-0.39, 0.29) is 17.7 Å². The van der Waals surface area contributed by atoms with Crippen LogP contribution in [0.3, 0.4) is 0 Å². The van der Waals surface area contributed by atoms with Gasteiger partial charge in [0.25, 0.3) is 5.91 Å². The van der Waals surface area contributed by atoms with Crippen LogP contribution in [0.1, 0.15) is 23.3 Å². The topological polar surface area (TPSA) is 94.5 Å². The minimum Gasteiger partial charge on any atom is -0.473 e. The Labute approximate surface area is 166 Å². The Bertz CT molecular complexity index is 1130. The third-order valence-corrected chi connectivity index (χ3v) is 4.94. The highest BCUT2D eigenvalue weighted by molar-refractivity contribution is 5.93. The maximum atomic E-state index is 12.7. The van der Waals surface area contributed by atoms with Crippen LogP contribution in [-0.2, 0) is 0 Å². The summed E-state index contributed by atoms with van der Waals surface area (Å²) in [4.78, 5) is 23.3. The van der Waals surface area contributed by atoms with Crippen molar-refractivity contribution in [3.63, 3.8) is 0 Å². The summed E-state index contributed by atoms with van der Waals surface area (Å²) in [6.07, 6.45) is 4.60. The zero-order valence-electron chi connectivity index (χ0n) is 15.5. The molecule has 1 amide bonds. The maximum Gasteiger partial charge on any atom is 0.276 e. The molecule has 0 saturated carbocycles. The Morgan fingerprint density at radius 1 is 1.07 bits per heavy atom. The standard InChI is InChI=1S/C21H18N4O4/c26-21(17-12-19(29-24-17)18-6-3-11-27-18)25-9-7-14(8-10-25)28-20-13-22-15-4-1-2-5-16(15)23-20/h1-6,11-14H,7-10H2. The number of furan rings is 1. The molecule has 4 heterocycles. The van der Waals surface area contributed by atoms with E-state index in [1.165, 1.54) is 0 Å². The second-order valence-electron chi connectivity index (χ2n) is 6.86. The van der Waals surface area contributed by atoms with Crippen molar-refractivity contribution in [2.45, 2.75) is 18.9 Å². The Morgan fingerprint density at radius 3 is 2.69 bits per heavy atom. The number of aromatic nitrogens is 3. The summed E-state index contributed by atoms with van der Waals surface area (Å²) in [5.74, 6) is 1.33. The summed E-state index contributed by atoms with van der Waals surface area (Å²) in [6.45, 7) is 1.15. The molecule has 29 heavy (non-hydrogen) atoms. The number of carbonyl (C=O) groups excluding carboxylic acids is 1. The fourth-order valence-electron chi connectivity index (χ4n) is 3.42. The van der Waals surface area contributed by atoms with Crippen molar-refractivity contribution in [1.29, 1.82) is 0 Å². The van der Waals surface area contributed by atoms with Gasteiger partial charge in [-0.3, -0.25) is 4.79 Å². The number of ether oxygens (including phenoxy) is 1. The van der Waals surface area contributed by atoms with Crippen molar-refractivity contribution in [2.75, 3.05) is 13.1 Å². The van der Waals surface area contributed by atoms with Crippen LogP contribution in [0.25, 0.3) is 22.6 Å². The fourth-order valence-corrected chi connectivity index (χ4v) is 3.42. The normalized spacial score (nSPS) is 15.0. The fraction of sp³-hybridized carbons (Fsp3) is 0.238. The number of likely N-dealkylation sites (tertiary alicyclic amines) is 1. The number of amides is 1. The molecular formula is C21H18N4O4. The third-order valence-electron chi connectivity index (χ3n) is 4.94. The third kappa shape index (κ3) is 3.56. The van der Waals surface area contributed by atoms with Gasteiger partial charge in [-0.2, -0.15) is 0 Å². The van der Waals surface area contributed by atoms with Crippen molar-refractivity contribution in [1.82, 2.24) is 20.0 Å². The van der Waals surface area contributed by atoms with Crippen LogP contribution in [0.5, 0.6) is 5.88 Å². The van der Waals surface area contributed by atoms with Crippen molar-refractivity contribution in [3.8, 4) is 17.4 Å². The molecule has 1 aromatic carbocycles. The van der Waals surface area contributed by atoms with Crippen molar-refractivity contribution in [2.24, 2.45) is 0 Å². The molecule has 0 spiro atoms. The van der Waals surface area contributed by atoms with Gasteiger partial charge in [0.15, 0.2) is 11.5 Å². The number of benzene rings is 1. The van der Waals surface area contributed by atoms with Crippen molar-refractivity contribution in [3.05, 3.63) is 60.6 Å². The smallest absolute Gasteiger partial charge is 0.276 e. The lowest BCUT2D eigenvalue weighted by Gasteiger charge is -2.31. The zero-order chi connectivity index (χ0) is 19.6. The first kappa shape index (κ1) is 17.4. The summed E-state index contributed by atoms with van der Waals surface area (Å²) in [6, 6.07) is 12.8. The summed E-state index contributed by atoms with van der Waals surface area (Å²) < 4.78 is 16.5. The molecule has 1 saturated heterocycles. The Morgan fingerprint density at radius 2 is 1.90 bits per heavy atom. The van der Waals surface area contributed by atoms with E-state index in [9.17, 15) is 4.79 Å². The molecule has 4 aromatic rings. The van der Waals surface area contributed by atoms with Crippen LogP contribution in [0.4, 0.5) is 0 Å². The molecule has 1 aliphatic heterocycles. The Hall–Kier alpha value is -3.68. The molecule has 0 radical (unpaired) electrons. The highest BCUT2D eigenvalue weighted by Crippen LogP contribution is 2.23. The van der Waals surface area contributed by atoms with Gasteiger partial charge in [-0.15, -0.1) is 0 Å². The molecule has 5 rings (SSSR count). The van der Waals surface area contributed by atoms with Crippen molar-refractivity contribution < 1.29 is 18.5 Å². The van der Waals surface area contributed by atoms with Gasteiger partial charge in [-0.25, -0.2) is 9.97 Å². The molecule has 1 aliphatic rings. The minimum atomic E-state index is -0.157. The van der Waals surface area contributed by atoms with Crippen LogP contribution in [-0.4, -0.2) is 45.1 Å². The first-order valence-corrected chi connectivity index (χ1v) is 9.44. The number of carbonyl (C=O) groups is 1. The summed E-state index contributed by atoms with van der Waals surface area (Å²) in [7, 11) is 0. The average Bonchev–Trinajstić information content (AvgIpc) is 3.46. The lowest BCUT2D eigenvalue weighted by atomic mass is 10.1. The van der Waals surface area contributed by atoms with Gasteiger partial charge in [0.2, 0.25) is 11.6 Å². The van der Waals surface area contributed by atoms with Gasteiger partial charge in [0, 0.05) is 32.0 Å². The van der Waals surface area contributed by atoms with Gasteiger partial charge >= 0.3 is 0 Å². The number of rotatable bonds is 4. The van der Waals surface area contributed by atoms with Gasteiger partial charge in [0.05, 0.1) is 23.5 Å². The molecule has 8 heteroatoms. The molecule has 0 N–H and O–H groups in total. The molecule has 146 valence electrons. The second kappa shape index (κ2) is 7.38. The van der Waals surface area contributed by atoms with E-state index < -0.39 is 0 Å². The van der Waals surface area contributed by atoms with E-state index in [4.69, 9.17) is 13.7 Å². The minimum absolute atomic E-state index is 0.00880. The SMILES string of the molecule is O=C(c1cc(-c2ccco2)on1)N1CCC(Oc2cnc3ccccc3n2)CC1. The number of fused-ring (bicyclic) bond motifs is 1. The zero-order valence-corrected chi connectivity index (χ0v) is 15.5. The molecule has 1 fully saturated rings. The molecule has 0 aliphatic carbocycles. The molecule has 3 aromatic heterocycles. The summed E-state index contributed by atoms with van der Waals surface area (Å²) in [5.41, 5.74) is 1.91. The number of para-hydroxylation sites is 2. The number of nitrogens with zero attached hydrogens (tertiary/aromatic N) is 4. The predicted molar refractivity (Wildman–Crippen MR) is 103 cm³/mol. The number of hydrogen-bond donors (Lipinski definition) is 0. The van der Waals surface area contributed by atoms with Crippen LogP contribution in [0, 0.1) is 0 Å². The quantitative estimate of drug-likeness (QED) is 0.526. The van der Waals surface area contributed by atoms with Crippen molar-refractivity contribution >= 4 is 16.9 Å². The Balaban J connectivity index is 1.20. The van der Waals surface area contributed by atoms with E-state index >= 15 is 0 Å². The van der Waals surface area contributed by atoms with Crippen LogP contribution < -0.4 is 4.74 Å². The van der Waals surface area contributed by atoms with Gasteiger partial charge < -0.3 is 18.6 Å². The largest absolute Gasteiger partial charge is 0.473 e. The van der Waals surface area contributed by atoms with E-state index in [1.54, 1.807) is 35.6 Å². The number of hydrogen-bond acceptors (Lipinski definition) is 7. The monoisotopic (exact) mass is 390 g/mol.